The number of aromatic hydroxyl groups is 1. The number of hydrogen-bond acceptors (Lipinski definition) is 13. The number of alkyl halides is 1. The van der Waals surface area contributed by atoms with E-state index in [2.05, 4.69) is 64.1 Å². The average molecular weight is 1160 g/mol. The topological polar surface area (TPSA) is 112 Å². The van der Waals surface area contributed by atoms with E-state index in [0.29, 0.717) is 19.0 Å². The van der Waals surface area contributed by atoms with Crippen molar-refractivity contribution >= 4 is 45.0 Å². The van der Waals surface area contributed by atoms with Crippen molar-refractivity contribution in [3.63, 3.8) is 0 Å². The second-order valence-electron chi connectivity index (χ2n) is 20.2. The van der Waals surface area contributed by atoms with Crippen LogP contribution >= 0.6 is 15.9 Å². The van der Waals surface area contributed by atoms with Gasteiger partial charge in [0, 0.05) is 81.3 Å². The molecule has 8 rings (SSSR count). The highest BCUT2D eigenvalue weighted by molar-refractivity contribution is 9.09. The standard InChI is InChI=1S/C22H30N2O2.C12H17NO.C11H15NO.C10H13NO2.C8H11NO.C3H5Br/c1-22(26-19-9-5-4-6-10-19)13-15-24(16-14-22)17-18-25-21-12-8-7-11-20(21)23(2)3;1-12(7-9-13-10-8-12)14-11-5-3-2-4-6-11;1-4-9-13-11-8-6-5-7-10(11)12(2)3;1-11(2)9-5-3-4-6-10(9)13-8-7-12;1-9(2)7-5-3-4-6-8(7)10;1-2-3-4/h4-12H,13-18H2,1-3H3;2-6,13H,7-10H2,1H3;4-8H,1,9H2,2-3H3;3-7H,8H2,1-2H3;3-6,10H,1-2H3;2H,1,3H2. The predicted octanol–water partition coefficient (Wildman–Crippen LogP) is 12.9. The number of anilines is 4. The molecule has 2 saturated heterocycles. The van der Waals surface area contributed by atoms with Crippen LogP contribution in [0, 0.1) is 0 Å². The summed E-state index contributed by atoms with van der Waals surface area (Å²) in [5, 5.41) is 13.5. The number of likely N-dealkylation sites (tertiary alicyclic amines) is 1. The maximum Gasteiger partial charge on any atom is 0.157 e. The maximum atomic E-state index is 10.1. The first kappa shape index (κ1) is 67.1. The van der Waals surface area contributed by atoms with Gasteiger partial charge in [0.1, 0.15) is 65.5 Å². The fourth-order valence-electron chi connectivity index (χ4n) is 8.20. The molecule has 2 fully saturated rings. The van der Waals surface area contributed by atoms with Crippen LogP contribution in [-0.2, 0) is 4.79 Å². The number of phenolic OH excluding ortho intramolecular Hbond substituents is 1. The minimum atomic E-state index is -0.0732. The molecular formula is C66H91BrN6O7. The predicted molar refractivity (Wildman–Crippen MR) is 340 cm³/mol. The van der Waals surface area contributed by atoms with Crippen molar-refractivity contribution in [3.8, 4) is 34.5 Å². The zero-order chi connectivity index (χ0) is 58.6. The Morgan fingerprint density at radius 1 is 0.525 bits per heavy atom. The van der Waals surface area contributed by atoms with Crippen molar-refractivity contribution in [3.05, 3.63) is 183 Å². The lowest BCUT2D eigenvalue weighted by molar-refractivity contribution is -0.109. The number of carbonyl (C=O) groups excluding carboxylic acids is 1. The lowest BCUT2D eigenvalue weighted by Crippen LogP contribution is -2.47. The molecule has 2 aliphatic heterocycles. The molecule has 13 nitrogen and oxygen atoms in total. The number of nitrogens with zero attached hydrogens (tertiary/aromatic N) is 5. The van der Waals surface area contributed by atoms with E-state index in [1.165, 1.54) is 0 Å². The largest absolute Gasteiger partial charge is 0.506 e. The van der Waals surface area contributed by atoms with Crippen LogP contribution in [0.25, 0.3) is 0 Å². The molecule has 434 valence electrons. The highest BCUT2D eigenvalue weighted by Gasteiger charge is 2.32. The minimum absolute atomic E-state index is 0.0204. The molecule has 2 N–H and O–H groups in total. The number of allylic oxidation sites excluding steroid dienone is 1. The van der Waals surface area contributed by atoms with Crippen LogP contribution in [0.2, 0.25) is 0 Å². The van der Waals surface area contributed by atoms with Crippen LogP contribution in [0.15, 0.2) is 183 Å². The minimum Gasteiger partial charge on any atom is -0.506 e. The van der Waals surface area contributed by atoms with Gasteiger partial charge >= 0.3 is 0 Å². The number of nitrogens with one attached hydrogen (secondary N) is 1. The van der Waals surface area contributed by atoms with E-state index >= 15 is 0 Å². The molecule has 0 aromatic heterocycles. The van der Waals surface area contributed by atoms with Gasteiger partial charge in [0.05, 0.1) is 22.7 Å². The third kappa shape index (κ3) is 25.8. The Bertz CT molecular complexity index is 2550. The summed E-state index contributed by atoms with van der Waals surface area (Å²) in [4.78, 5) is 20.5. The first-order chi connectivity index (χ1) is 38.5. The maximum absolute atomic E-state index is 10.1. The van der Waals surface area contributed by atoms with E-state index in [0.717, 1.165) is 122 Å². The highest BCUT2D eigenvalue weighted by Crippen LogP contribution is 2.31. The van der Waals surface area contributed by atoms with Crippen LogP contribution in [0.3, 0.4) is 0 Å². The third-order valence-electron chi connectivity index (χ3n) is 12.6. The monoisotopic (exact) mass is 1160 g/mol. The Hall–Kier alpha value is -7.13. The number of phenols is 1. The Kier molecular flexibility index (Phi) is 31.6. The van der Waals surface area contributed by atoms with Gasteiger partial charge in [0.15, 0.2) is 6.29 Å². The quantitative estimate of drug-likeness (QED) is 0.0456. The molecule has 0 spiro atoms. The lowest BCUT2D eigenvalue weighted by Gasteiger charge is -2.39. The van der Waals surface area contributed by atoms with Gasteiger partial charge in [-0.05, 0) is 125 Å². The second-order valence-corrected chi connectivity index (χ2v) is 20.8. The summed E-state index contributed by atoms with van der Waals surface area (Å²) in [5.74, 6) is 4.86. The summed E-state index contributed by atoms with van der Waals surface area (Å²) in [6.45, 7) is 18.0. The summed E-state index contributed by atoms with van der Waals surface area (Å²) < 4.78 is 29.0. The van der Waals surface area contributed by atoms with E-state index in [1.807, 2.05) is 217 Å². The van der Waals surface area contributed by atoms with E-state index in [-0.39, 0.29) is 17.8 Å². The van der Waals surface area contributed by atoms with Crippen LogP contribution < -0.4 is 48.6 Å². The molecule has 0 bridgehead atoms. The summed E-state index contributed by atoms with van der Waals surface area (Å²) in [6.07, 6.45) is 8.52. The number of piperidine rings is 2. The summed E-state index contributed by atoms with van der Waals surface area (Å²) in [6, 6.07) is 51.2. The molecule has 0 atom stereocenters. The molecule has 0 aliphatic carbocycles. The zero-order valence-electron chi connectivity index (χ0n) is 49.4. The molecule has 2 heterocycles. The Morgan fingerprint density at radius 2 is 0.887 bits per heavy atom. The Balaban J connectivity index is 0.000000270. The van der Waals surface area contributed by atoms with Crippen LogP contribution in [-0.4, -0.2) is 142 Å². The van der Waals surface area contributed by atoms with Crippen LogP contribution in [0.5, 0.6) is 34.5 Å². The summed E-state index contributed by atoms with van der Waals surface area (Å²) >= 11 is 3.13. The van der Waals surface area contributed by atoms with Gasteiger partial charge in [-0.3, -0.25) is 9.69 Å². The zero-order valence-corrected chi connectivity index (χ0v) is 50.9. The molecule has 0 amide bonds. The smallest absolute Gasteiger partial charge is 0.157 e. The average Bonchev–Trinajstić information content (AvgIpc) is 3.46. The van der Waals surface area contributed by atoms with Gasteiger partial charge in [-0.25, -0.2) is 0 Å². The van der Waals surface area contributed by atoms with E-state index < -0.39 is 0 Å². The van der Waals surface area contributed by atoms with E-state index in [4.69, 9.17) is 23.7 Å². The van der Waals surface area contributed by atoms with Crippen molar-refractivity contribution < 1.29 is 33.6 Å². The summed E-state index contributed by atoms with van der Waals surface area (Å²) in [5.41, 5.74) is 3.98. The first-order valence-corrected chi connectivity index (χ1v) is 28.4. The van der Waals surface area contributed by atoms with Crippen molar-refractivity contribution in [2.24, 2.45) is 0 Å². The van der Waals surface area contributed by atoms with Gasteiger partial charge in [0.2, 0.25) is 0 Å². The van der Waals surface area contributed by atoms with Crippen LogP contribution in [0.4, 0.5) is 22.7 Å². The van der Waals surface area contributed by atoms with Crippen LogP contribution in [0.1, 0.15) is 39.5 Å². The van der Waals surface area contributed by atoms with Gasteiger partial charge in [-0.2, -0.15) is 0 Å². The Labute approximate surface area is 488 Å². The SMILES string of the molecule is C=CCBr.C=CCOc1ccccc1N(C)C.CC1(Oc2ccccc2)CCNCC1.CN(C)c1ccccc1O.CN(C)c1ccccc1OCC=O.CN(C)c1ccccc1OCCN1CCC(C)(Oc2ccccc2)CC1. The van der Waals surface area contributed by atoms with E-state index in [1.54, 1.807) is 18.2 Å². The molecule has 0 radical (unpaired) electrons. The number of rotatable bonds is 19. The third-order valence-corrected chi connectivity index (χ3v) is 13.1. The number of benzene rings is 6. The van der Waals surface area contributed by atoms with E-state index in [9.17, 15) is 9.90 Å². The van der Waals surface area contributed by atoms with Crippen molar-refractivity contribution in [2.75, 3.05) is 134 Å². The van der Waals surface area contributed by atoms with Gasteiger partial charge < -0.3 is 53.7 Å². The Morgan fingerprint density at radius 3 is 1.26 bits per heavy atom. The van der Waals surface area contributed by atoms with Gasteiger partial charge in [-0.15, -0.1) is 6.58 Å². The number of aldehydes is 1. The molecule has 6 aromatic carbocycles. The van der Waals surface area contributed by atoms with Gasteiger partial charge in [-0.1, -0.05) is 120 Å². The molecule has 6 aromatic rings. The lowest BCUT2D eigenvalue weighted by atomic mass is 9.93. The second kappa shape index (κ2) is 37.7. The first-order valence-electron chi connectivity index (χ1n) is 27.2. The van der Waals surface area contributed by atoms with Crippen molar-refractivity contribution in [1.82, 2.24) is 10.2 Å². The molecule has 0 saturated carbocycles. The molecule has 0 unspecified atom stereocenters. The number of halogens is 1. The van der Waals surface area contributed by atoms with Crippen molar-refractivity contribution in [1.29, 1.82) is 0 Å². The molecule has 14 heteroatoms. The number of hydrogen-bond donors (Lipinski definition) is 2. The fourth-order valence-corrected chi connectivity index (χ4v) is 8.20. The molecular weight excluding hydrogens is 1070 g/mol. The fraction of sp³-hybridized carbons (Fsp3) is 0.379. The van der Waals surface area contributed by atoms with Gasteiger partial charge in [0.25, 0.3) is 0 Å². The number of ether oxygens (including phenoxy) is 5. The van der Waals surface area contributed by atoms with Crippen molar-refractivity contribution in [2.45, 2.75) is 50.7 Å². The number of para-hydroxylation sites is 10. The normalized spacial score (nSPS) is 13.6. The molecule has 2 aliphatic rings. The number of carbonyl (C=O) groups is 1. The highest BCUT2D eigenvalue weighted by atomic mass is 79.9. The molecule has 80 heavy (non-hydrogen) atoms. The summed E-state index contributed by atoms with van der Waals surface area (Å²) in [7, 11) is 15.7.